The summed E-state index contributed by atoms with van der Waals surface area (Å²) in [5.74, 6) is -0.344. The van der Waals surface area contributed by atoms with E-state index in [1.54, 1.807) is 0 Å². The summed E-state index contributed by atoms with van der Waals surface area (Å²) < 4.78 is 6.92. The highest BCUT2D eigenvalue weighted by molar-refractivity contribution is 9.11. The molecule has 0 amide bonds. The molecule has 0 aliphatic carbocycles. The van der Waals surface area contributed by atoms with E-state index in [0.717, 1.165) is 49.8 Å². The molecule has 2 aromatic rings. The topological polar surface area (TPSA) is 47.9 Å². The molecule has 0 radical (unpaired) electrons. The van der Waals surface area contributed by atoms with Crippen molar-refractivity contribution < 1.29 is 14.4 Å². The average Bonchev–Trinajstić information content (AvgIpc) is 2.68. The zero-order valence-electron chi connectivity index (χ0n) is 17.1. The fourth-order valence-corrected chi connectivity index (χ4v) is 4.15. The number of rotatable bonds is 8. The number of hydrogen-bond acceptors (Lipinski definition) is 4. The van der Waals surface area contributed by atoms with E-state index in [4.69, 9.17) is 9.57 Å². The van der Waals surface area contributed by atoms with Gasteiger partial charge >= 0.3 is 5.97 Å². The molecule has 0 saturated carbocycles. The van der Waals surface area contributed by atoms with E-state index >= 15 is 0 Å². The zero-order chi connectivity index (χ0) is 21.4. The predicted molar refractivity (Wildman–Crippen MR) is 125 cm³/mol. The summed E-state index contributed by atoms with van der Waals surface area (Å²) in [6.45, 7) is 6.23. The largest absolute Gasteiger partial charge is 0.465 e. The molecule has 0 heterocycles. The van der Waals surface area contributed by atoms with Crippen molar-refractivity contribution in [3.05, 3.63) is 73.7 Å². The van der Waals surface area contributed by atoms with Gasteiger partial charge < -0.3 is 9.57 Å². The molecule has 0 bridgehead atoms. The van der Waals surface area contributed by atoms with Gasteiger partial charge in [-0.15, -0.1) is 0 Å². The minimum Gasteiger partial charge on any atom is -0.465 e. The summed E-state index contributed by atoms with van der Waals surface area (Å²) in [6.07, 6.45) is 3.68. The van der Waals surface area contributed by atoms with Crippen LogP contribution >= 0.6 is 31.9 Å². The molecule has 6 heteroatoms. The number of carbonyl (C=O) groups excluding carboxylic acids is 1. The summed E-state index contributed by atoms with van der Waals surface area (Å²) in [7, 11) is 1.40. The van der Waals surface area contributed by atoms with Gasteiger partial charge in [0.05, 0.1) is 18.4 Å². The number of carbonyl (C=O) groups is 1. The Bertz CT molecular complexity index is 915. The Kier molecular flexibility index (Phi) is 9.11. The molecule has 4 nitrogen and oxygen atoms in total. The lowest BCUT2D eigenvalue weighted by Crippen LogP contribution is -2.08. The van der Waals surface area contributed by atoms with Crippen molar-refractivity contribution in [2.24, 2.45) is 5.16 Å². The van der Waals surface area contributed by atoms with Crippen LogP contribution in [0.3, 0.4) is 0 Å². The van der Waals surface area contributed by atoms with Crippen molar-refractivity contribution in [3.63, 3.8) is 0 Å². The van der Waals surface area contributed by atoms with Gasteiger partial charge in [-0.25, -0.2) is 4.79 Å². The van der Waals surface area contributed by atoms with Crippen LogP contribution in [0.4, 0.5) is 0 Å². The number of allylic oxidation sites excluding steroid dienone is 1. The molecule has 2 rings (SSSR count). The normalized spacial score (nSPS) is 12.1. The lowest BCUT2D eigenvalue weighted by Gasteiger charge is -2.14. The summed E-state index contributed by atoms with van der Waals surface area (Å²) in [5.41, 5.74) is 5.06. The first-order valence-electron chi connectivity index (χ1n) is 9.37. The molecule has 29 heavy (non-hydrogen) atoms. The van der Waals surface area contributed by atoms with Gasteiger partial charge in [0.2, 0.25) is 0 Å². The predicted octanol–water partition coefficient (Wildman–Crippen LogP) is 6.82. The highest BCUT2D eigenvalue weighted by Crippen LogP contribution is 2.26. The molecule has 0 aliphatic rings. The van der Waals surface area contributed by atoms with Gasteiger partial charge in [0.25, 0.3) is 0 Å². The maximum absolute atomic E-state index is 12.3. The molecule has 0 atom stereocenters. The second-order valence-electron chi connectivity index (χ2n) is 6.61. The van der Waals surface area contributed by atoms with Crippen molar-refractivity contribution in [1.29, 1.82) is 0 Å². The Labute approximate surface area is 189 Å². The van der Waals surface area contributed by atoms with Crippen molar-refractivity contribution in [1.82, 2.24) is 0 Å². The number of unbranched alkanes of at least 4 members (excludes halogenated alkanes) is 1. The number of ether oxygens (including phenoxy) is 1. The van der Waals surface area contributed by atoms with E-state index in [1.165, 1.54) is 7.11 Å². The van der Waals surface area contributed by atoms with E-state index in [1.807, 2.05) is 56.3 Å². The minimum atomic E-state index is -0.344. The Balaban J connectivity index is 2.30. The first kappa shape index (κ1) is 23.4. The van der Waals surface area contributed by atoms with Crippen LogP contribution in [0, 0.1) is 6.92 Å². The van der Waals surface area contributed by atoms with Crippen LogP contribution in [0.25, 0.3) is 5.57 Å². The third-order valence-electron chi connectivity index (χ3n) is 4.43. The number of hydrogen-bond donors (Lipinski definition) is 0. The monoisotopic (exact) mass is 521 g/mol. The Morgan fingerprint density at radius 2 is 1.86 bits per heavy atom. The zero-order valence-corrected chi connectivity index (χ0v) is 20.3. The molecule has 2 aromatic carbocycles. The van der Waals surface area contributed by atoms with Crippen molar-refractivity contribution in [2.45, 2.75) is 40.2 Å². The van der Waals surface area contributed by atoms with Crippen LogP contribution in [0.15, 0.2) is 56.6 Å². The fourth-order valence-electron chi connectivity index (χ4n) is 2.86. The van der Waals surface area contributed by atoms with Crippen molar-refractivity contribution >= 4 is 49.1 Å². The molecule has 154 valence electrons. The van der Waals surface area contributed by atoms with Gasteiger partial charge in [0.1, 0.15) is 6.61 Å². The number of aryl methyl sites for hydroxylation is 1. The molecular weight excluding hydrogens is 498 g/mol. The lowest BCUT2D eigenvalue weighted by atomic mass is 9.95. The lowest BCUT2D eigenvalue weighted by molar-refractivity contribution is -0.133. The van der Waals surface area contributed by atoms with Crippen LogP contribution in [-0.4, -0.2) is 18.8 Å². The summed E-state index contributed by atoms with van der Waals surface area (Å²) in [5, 5.41) is 4.28. The summed E-state index contributed by atoms with van der Waals surface area (Å²) in [4.78, 5) is 18.0. The molecule has 0 saturated heterocycles. The van der Waals surface area contributed by atoms with Gasteiger partial charge in [0, 0.05) is 20.1 Å². The summed E-state index contributed by atoms with van der Waals surface area (Å²) in [6, 6.07) is 11.8. The molecule has 0 aromatic heterocycles. The average molecular weight is 523 g/mol. The second kappa shape index (κ2) is 11.3. The molecular formula is C23H25Br2NO3. The maximum Gasteiger partial charge on any atom is 0.338 e. The van der Waals surface area contributed by atoms with Crippen LogP contribution < -0.4 is 0 Å². The standard InChI is InChI=1S/C23H25Br2NO3/c1-5-6-9-21(23(27)28-4)20-10-7-8-15(2)22(20)14-29-26-16(3)17-11-18(24)13-19(25)12-17/h7-13H,5-6,14H2,1-4H3/b21-9-,26-16+. The first-order valence-corrected chi connectivity index (χ1v) is 11.0. The Morgan fingerprint density at radius 1 is 1.17 bits per heavy atom. The van der Waals surface area contributed by atoms with E-state index in [9.17, 15) is 4.79 Å². The van der Waals surface area contributed by atoms with E-state index < -0.39 is 0 Å². The van der Waals surface area contributed by atoms with Crippen molar-refractivity contribution in [3.8, 4) is 0 Å². The van der Waals surface area contributed by atoms with Crippen LogP contribution in [0.2, 0.25) is 0 Å². The second-order valence-corrected chi connectivity index (χ2v) is 8.44. The number of nitrogens with zero attached hydrogens (tertiary/aromatic N) is 1. The molecule has 0 N–H and O–H groups in total. The third-order valence-corrected chi connectivity index (χ3v) is 5.35. The number of benzene rings is 2. The quantitative estimate of drug-likeness (QED) is 0.165. The number of halogens is 2. The Hall–Kier alpha value is -1.92. The molecule has 0 unspecified atom stereocenters. The van der Waals surface area contributed by atoms with Crippen LogP contribution in [0.1, 0.15) is 48.9 Å². The highest BCUT2D eigenvalue weighted by atomic mass is 79.9. The number of esters is 1. The highest BCUT2D eigenvalue weighted by Gasteiger charge is 2.17. The van der Waals surface area contributed by atoms with Crippen LogP contribution in [0.5, 0.6) is 0 Å². The van der Waals surface area contributed by atoms with Crippen LogP contribution in [-0.2, 0) is 21.0 Å². The van der Waals surface area contributed by atoms with Gasteiger partial charge in [0.15, 0.2) is 0 Å². The summed E-state index contributed by atoms with van der Waals surface area (Å²) >= 11 is 6.97. The maximum atomic E-state index is 12.3. The van der Waals surface area contributed by atoms with Gasteiger partial charge in [-0.2, -0.15) is 0 Å². The van der Waals surface area contributed by atoms with E-state index in [0.29, 0.717) is 5.57 Å². The van der Waals surface area contributed by atoms with Gasteiger partial charge in [-0.05, 0) is 49.6 Å². The SMILES string of the molecule is CCC/C=C(\C(=O)OC)c1cccc(C)c1CO/N=C(\C)c1cc(Br)cc(Br)c1. The fraction of sp³-hybridized carbons (Fsp3) is 0.304. The molecule has 0 aliphatic heterocycles. The van der Waals surface area contributed by atoms with Crippen molar-refractivity contribution in [2.75, 3.05) is 7.11 Å². The number of methoxy groups -OCH3 is 1. The first-order chi connectivity index (χ1) is 13.9. The van der Waals surface area contributed by atoms with Gasteiger partial charge in [-0.3, -0.25) is 0 Å². The third kappa shape index (κ3) is 6.54. The molecule has 0 spiro atoms. The number of oxime groups is 1. The van der Waals surface area contributed by atoms with Gasteiger partial charge in [-0.1, -0.05) is 74.6 Å². The van der Waals surface area contributed by atoms with E-state index in [2.05, 4.69) is 43.9 Å². The molecule has 0 fully saturated rings. The Morgan fingerprint density at radius 3 is 2.48 bits per heavy atom. The minimum absolute atomic E-state index is 0.259. The smallest absolute Gasteiger partial charge is 0.338 e. The van der Waals surface area contributed by atoms with E-state index in [-0.39, 0.29) is 12.6 Å².